The molecule has 0 bridgehead atoms. The van der Waals surface area contributed by atoms with Gasteiger partial charge >= 0.3 is 0 Å². The second-order valence-electron chi connectivity index (χ2n) is 4.58. The van der Waals surface area contributed by atoms with Gasteiger partial charge in [0.05, 0.1) is 15.2 Å². The van der Waals surface area contributed by atoms with Crippen LogP contribution in [0.5, 0.6) is 0 Å². The first-order valence-electron chi connectivity index (χ1n) is 5.91. The van der Waals surface area contributed by atoms with Crippen molar-refractivity contribution in [2.24, 2.45) is 0 Å². The van der Waals surface area contributed by atoms with Crippen molar-refractivity contribution in [1.82, 2.24) is 10.3 Å². The van der Waals surface area contributed by atoms with Gasteiger partial charge in [-0.15, -0.1) is 11.3 Å². The summed E-state index contributed by atoms with van der Waals surface area (Å²) in [5.41, 5.74) is 2.48. The highest BCUT2D eigenvalue weighted by atomic mass is 32.1. The van der Waals surface area contributed by atoms with E-state index < -0.39 is 0 Å². The van der Waals surface area contributed by atoms with E-state index in [0.717, 1.165) is 11.9 Å². The van der Waals surface area contributed by atoms with Gasteiger partial charge in [-0.05, 0) is 44.0 Å². The fourth-order valence-electron chi connectivity index (χ4n) is 2.31. The average Bonchev–Trinajstić information content (AvgIpc) is 2.86. The topological polar surface area (TPSA) is 24.9 Å². The molecule has 3 heteroatoms. The fourth-order valence-corrected chi connectivity index (χ4v) is 3.45. The van der Waals surface area contributed by atoms with E-state index in [4.69, 9.17) is 4.98 Å². The minimum absolute atomic E-state index is 0.654. The Labute approximate surface area is 99.7 Å². The molecule has 1 aromatic carbocycles. The van der Waals surface area contributed by atoms with E-state index in [2.05, 4.69) is 30.4 Å². The zero-order valence-electron chi connectivity index (χ0n) is 9.49. The van der Waals surface area contributed by atoms with Gasteiger partial charge in [0.15, 0.2) is 0 Å². The molecule has 1 saturated heterocycles. The summed E-state index contributed by atoms with van der Waals surface area (Å²) in [5.74, 6) is 0. The van der Waals surface area contributed by atoms with E-state index in [-0.39, 0.29) is 0 Å². The summed E-state index contributed by atoms with van der Waals surface area (Å²) < 4.78 is 1.33. The quantitative estimate of drug-likeness (QED) is 0.861. The number of thiazole rings is 1. The number of aromatic nitrogens is 1. The molecule has 1 aliphatic heterocycles. The highest BCUT2D eigenvalue weighted by Crippen LogP contribution is 2.25. The molecule has 0 saturated carbocycles. The van der Waals surface area contributed by atoms with Gasteiger partial charge in [0, 0.05) is 12.5 Å². The molecule has 2 aromatic rings. The Morgan fingerprint density at radius 2 is 2.44 bits per heavy atom. The molecule has 0 spiro atoms. The number of hydrogen-bond donors (Lipinski definition) is 1. The molecule has 1 fully saturated rings. The number of benzene rings is 1. The highest BCUT2D eigenvalue weighted by Gasteiger charge is 2.16. The van der Waals surface area contributed by atoms with Crippen LogP contribution in [0.1, 0.15) is 23.4 Å². The summed E-state index contributed by atoms with van der Waals surface area (Å²) >= 11 is 1.85. The average molecular weight is 232 g/mol. The molecule has 84 valence electrons. The van der Waals surface area contributed by atoms with Crippen LogP contribution in [0.4, 0.5) is 0 Å². The summed E-state index contributed by atoms with van der Waals surface area (Å²) in [6.45, 7) is 3.31. The Hall–Kier alpha value is -0.930. The third-order valence-corrected chi connectivity index (χ3v) is 4.21. The van der Waals surface area contributed by atoms with Crippen molar-refractivity contribution in [2.45, 2.75) is 32.2 Å². The number of nitrogens with zero attached hydrogens (tertiary/aromatic N) is 1. The Balaban J connectivity index is 1.86. The molecule has 1 atom stereocenters. The van der Waals surface area contributed by atoms with Crippen molar-refractivity contribution in [3.8, 4) is 0 Å². The molecule has 1 N–H and O–H groups in total. The van der Waals surface area contributed by atoms with Gasteiger partial charge in [0.25, 0.3) is 0 Å². The molecule has 0 aliphatic carbocycles. The number of rotatable bonds is 2. The van der Waals surface area contributed by atoms with E-state index >= 15 is 0 Å². The minimum Gasteiger partial charge on any atom is -0.314 e. The van der Waals surface area contributed by atoms with Crippen LogP contribution in [0.2, 0.25) is 0 Å². The van der Waals surface area contributed by atoms with Crippen LogP contribution < -0.4 is 5.32 Å². The fraction of sp³-hybridized carbons (Fsp3) is 0.462. The summed E-state index contributed by atoms with van der Waals surface area (Å²) in [7, 11) is 0. The number of fused-ring (bicyclic) bond motifs is 1. The first-order valence-corrected chi connectivity index (χ1v) is 6.72. The second kappa shape index (κ2) is 4.15. The molecule has 0 radical (unpaired) electrons. The molecule has 1 unspecified atom stereocenters. The number of hydrogen-bond acceptors (Lipinski definition) is 3. The predicted octanol–water partition coefficient (Wildman–Crippen LogP) is 2.90. The van der Waals surface area contributed by atoms with Crippen LogP contribution in [-0.2, 0) is 6.42 Å². The van der Waals surface area contributed by atoms with Crippen molar-refractivity contribution in [1.29, 1.82) is 0 Å². The molecular formula is C13H16N2S. The van der Waals surface area contributed by atoms with Gasteiger partial charge in [-0.25, -0.2) is 4.98 Å². The molecule has 2 heterocycles. The molecule has 2 nitrogen and oxygen atoms in total. The Morgan fingerprint density at radius 3 is 3.25 bits per heavy atom. The number of aryl methyl sites for hydroxylation is 1. The summed E-state index contributed by atoms with van der Waals surface area (Å²) in [4.78, 5) is 4.70. The van der Waals surface area contributed by atoms with Gasteiger partial charge in [-0.3, -0.25) is 0 Å². The summed E-state index contributed by atoms with van der Waals surface area (Å²) in [5, 5.41) is 4.81. The van der Waals surface area contributed by atoms with Crippen molar-refractivity contribution in [2.75, 3.05) is 6.54 Å². The third kappa shape index (κ3) is 1.97. The molecule has 3 rings (SSSR count). The van der Waals surface area contributed by atoms with Gasteiger partial charge in [-0.1, -0.05) is 6.07 Å². The second-order valence-corrected chi connectivity index (χ2v) is 5.69. The molecule has 1 aliphatic rings. The van der Waals surface area contributed by atoms with E-state index in [1.54, 1.807) is 0 Å². The first kappa shape index (κ1) is 10.2. The molecule has 0 amide bonds. The normalized spacial score (nSPS) is 20.7. The maximum atomic E-state index is 4.70. The predicted molar refractivity (Wildman–Crippen MR) is 69.1 cm³/mol. The van der Waals surface area contributed by atoms with Crippen LogP contribution in [-0.4, -0.2) is 17.6 Å². The molecular weight excluding hydrogens is 216 g/mol. The van der Waals surface area contributed by atoms with Crippen LogP contribution in [0.25, 0.3) is 10.2 Å². The maximum absolute atomic E-state index is 4.70. The van der Waals surface area contributed by atoms with E-state index in [0.29, 0.717) is 6.04 Å². The van der Waals surface area contributed by atoms with E-state index in [9.17, 15) is 0 Å². The zero-order chi connectivity index (χ0) is 11.0. The monoisotopic (exact) mass is 232 g/mol. The first-order chi connectivity index (χ1) is 7.81. The number of nitrogens with one attached hydrogen (secondary N) is 1. The lowest BCUT2D eigenvalue weighted by Crippen LogP contribution is -2.23. The smallest absolute Gasteiger partial charge is 0.0954 e. The van der Waals surface area contributed by atoms with Crippen LogP contribution >= 0.6 is 11.3 Å². The van der Waals surface area contributed by atoms with Gasteiger partial charge in [0.2, 0.25) is 0 Å². The van der Waals surface area contributed by atoms with E-state index in [1.807, 2.05) is 11.3 Å². The molecule has 1 aromatic heterocycles. The highest BCUT2D eigenvalue weighted by molar-refractivity contribution is 7.18. The van der Waals surface area contributed by atoms with Crippen LogP contribution in [0, 0.1) is 6.92 Å². The minimum atomic E-state index is 0.654. The maximum Gasteiger partial charge on any atom is 0.0954 e. The molecule has 16 heavy (non-hydrogen) atoms. The van der Waals surface area contributed by atoms with Crippen molar-refractivity contribution in [3.05, 3.63) is 28.8 Å². The standard InChI is InChI=1S/C13H16N2S/c1-9-4-5-11-12(7-9)16-13(15-11)8-10-3-2-6-14-10/h4-5,7,10,14H,2-3,6,8H2,1H3. The Kier molecular flexibility index (Phi) is 2.65. The Morgan fingerprint density at radius 1 is 1.50 bits per heavy atom. The largest absolute Gasteiger partial charge is 0.314 e. The van der Waals surface area contributed by atoms with Gasteiger partial charge in [-0.2, -0.15) is 0 Å². The summed E-state index contributed by atoms with van der Waals surface area (Å²) in [6.07, 6.45) is 3.71. The van der Waals surface area contributed by atoms with Crippen molar-refractivity contribution >= 4 is 21.6 Å². The lowest BCUT2D eigenvalue weighted by atomic mass is 10.2. The van der Waals surface area contributed by atoms with E-state index in [1.165, 1.54) is 34.7 Å². The third-order valence-electron chi connectivity index (χ3n) is 3.17. The zero-order valence-corrected chi connectivity index (χ0v) is 10.3. The Bertz CT molecular complexity index is 498. The van der Waals surface area contributed by atoms with Crippen LogP contribution in [0.3, 0.4) is 0 Å². The lowest BCUT2D eigenvalue weighted by Gasteiger charge is -2.05. The summed E-state index contributed by atoms with van der Waals surface area (Å²) in [6, 6.07) is 7.16. The lowest BCUT2D eigenvalue weighted by molar-refractivity contribution is 0.602. The van der Waals surface area contributed by atoms with Crippen LogP contribution in [0.15, 0.2) is 18.2 Å². The van der Waals surface area contributed by atoms with Gasteiger partial charge in [0.1, 0.15) is 0 Å². The van der Waals surface area contributed by atoms with Crippen molar-refractivity contribution < 1.29 is 0 Å². The van der Waals surface area contributed by atoms with Crippen molar-refractivity contribution in [3.63, 3.8) is 0 Å². The van der Waals surface area contributed by atoms with Gasteiger partial charge < -0.3 is 5.32 Å². The SMILES string of the molecule is Cc1ccc2nc(CC3CCCN3)sc2c1.